The molecule has 1 N–H and O–H groups in total. The van der Waals surface area contributed by atoms with Crippen LogP contribution in [0.15, 0.2) is 16.5 Å². The number of nitrogens with one attached hydrogen (secondary N) is 1. The molecule has 0 saturated heterocycles. The standard InChI is InChI=1S/C12H17N3O2S/c1-3-9-4-5-10(17-9)12-15-14-11(18-12)8-13-6-7-16-2/h4-5,13H,3,6-8H2,1-2H3. The van der Waals surface area contributed by atoms with Crippen molar-refractivity contribution < 1.29 is 9.15 Å². The fourth-order valence-electron chi connectivity index (χ4n) is 1.48. The van der Waals surface area contributed by atoms with Crippen molar-refractivity contribution in [2.24, 2.45) is 0 Å². The Kier molecular flexibility index (Phi) is 4.86. The molecule has 0 bridgehead atoms. The maximum atomic E-state index is 5.64. The van der Waals surface area contributed by atoms with Gasteiger partial charge < -0.3 is 14.5 Å². The zero-order chi connectivity index (χ0) is 12.8. The first kappa shape index (κ1) is 13.2. The van der Waals surface area contributed by atoms with E-state index in [4.69, 9.17) is 9.15 Å². The van der Waals surface area contributed by atoms with Crippen LogP contribution in [0.4, 0.5) is 0 Å². The first-order valence-electron chi connectivity index (χ1n) is 5.94. The number of ether oxygens (including phenoxy) is 1. The lowest BCUT2D eigenvalue weighted by Gasteiger charge is -1.99. The molecule has 0 radical (unpaired) electrons. The van der Waals surface area contributed by atoms with Gasteiger partial charge in [-0.2, -0.15) is 0 Å². The first-order valence-corrected chi connectivity index (χ1v) is 6.76. The topological polar surface area (TPSA) is 60.2 Å². The van der Waals surface area contributed by atoms with E-state index in [1.54, 1.807) is 18.4 Å². The molecular weight excluding hydrogens is 250 g/mol. The highest BCUT2D eigenvalue weighted by Crippen LogP contribution is 2.25. The molecule has 2 heterocycles. The van der Waals surface area contributed by atoms with Crippen molar-refractivity contribution in [3.63, 3.8) is 0 Å². The fraction of sp³-hybridized carbons (Fsp3) is 0.500. The zero-order valence-electron chi connectivity index (χ0n) is 10.6. The van der Waals surface area contributed by atoms with Crippen LogP contribution in [-0.2, 0) is 17.7 Å². The van der Waals surface area contributed by atoms with Gasteiger partial charge in [0, 0.05) is 26.6 Å². The van der Waals surface area contributed by atoms with Crippen LogP contribution < -0.4 is 5.32 Å². The second-order valence-corrected chi connectivity index (χ2v) is 4.85. The number of aryl methyl sites for hydroxylation is 1. The number of rotatable bonds is 7. The van der Waals surface area contributed by atoms with E-state index in [9.17, 15) is 0 Å². The summed E-state index contributed by atoms with van der Waals surface area (Å²) in [5.41, 5.74) is 0. The van der Waals surface area contributed by atoms with E-state index in [0.717, 1.165) is 34.5 Å². The lowest BCUT2D eigenvalue weighted by Crippen LogP contribution is -2.18. The van der Waals surface area contributed by atoms with Gasteiger partial charge in [0.2, 0.25) is 0 Å². The summed E-state index contributed by atoms with van der Waals surface area (Å²) >= 11 is 1.55. The van der Waals surface area contributed by atoms with Crippen molar-refractivity contribution in [1.29, 1.82) is 0 Å². The highest BCUT2D eigenvalue weighted by atomic mass is 32.1. The molecule has 98 valence electrons. The van der Waals surface area contributed by atoms with Crippen molar-refractivity contribution in [3.8, 4) is 10.8 Å². The van der Waals surface area contributed by atoms with Gasteiger partial charge in [-0.15, -0.1) is 10.2 Å². The summed E-state index contributed by atoms with van der Waals surface area (Å²) in [5.74, 6) is 1.77. The number of nitrogens with zero attached hydrogens (tertiary/aromatic N) is 2. The van der Waals surface area contributed by atoms with Crippen LogP contribution in [-0.4, -0.2) is 30.5 Å². The van der Waals surface area contributed by atoms with Gasteiger partial charge in [0.05, 0.1) is 6.61 Å². The van der Waals surface area contributed by atoms with Crippen LogP contribution in [0.25, 0.3) is 10.8 Å². The SMILES string of the molecule is CCc1ccc(-c2nnc(CNCCOC)s2)o1. The van der Waals surface area contributed by atoms with Crippen molar-refractivity contribution in [3.05, 3.63) is 22.9 Å². The van der Waals surface area contributed by atoms with Crippen molar-refractivity contribution in [2.45, 2.75) is 19.9 Å². The molecule has 2 rings (SSSR count). The largest absolute Gasteiger partial charge is 0.459 e. The third-order valence-electron chi connectivity index (χ3n) is 2.45. The summed E-state index contributed by atoms with van der Waals surface area (Å²) in [7, 11) is 1.69. The quantitative estimate of drug-likeness (QED) is 0.778. The van der Waals surface area contributed by atoms with E-state index in [-0.39, 0.29) is 0 Å². The van der Waals surface area contributed by atoms with Gasteiger partial charge in [0.15, 0.2) is 10.8 Å². The van der Waals surface area contributed by atoms with Gasteiger partial charge in [-0.1, -0.05) is 18.3 Å². The average Bonchev–Trinajstić information content (AvgIpc) is 3.03. The molecule has 0 saturated carbocycles. The highest BCUT2D eigenvalue weighted by Gasteiger charge is 2.10. The second kappa shape index (κ2) is 6.63. The lowest BCUT2D eigenvalue weighted by atomic mass is 10.4. The van der Waals surface area contributed by atoms with Crippen LogP contribution in [0.3, 0.4) is 0 Å². The Morgan fingerprint density at radius 1 is 1.39 bits per heavy atom. The molecule has 0 aliphatic heterocycles. The van der Waals surface area contributed by atoms with Crippen LogP contribution in [0, 0.1) is 0 Å². The minimum Gasteiger partial charge on any atom is -0.459 e. The summed E-state index contributed by atoms with van der Waals surface area (Å²) in [6.07, 6.45) is 0.893. The van der Waals surface area contributed by atoms with Gasteiger partial charge in [0.25, 0.3) is 0 Å². The maximum Gasteiger partial charge on any atom is 0.183 e. The van der Waals surface area contributed by atoms with E-state index in [1.807, 2.05) is 12.1 Å². The first-order chi connectivity index (χ1) is 8.83. The van der Waals surface area contributed by atoms with Crippen molar-refractivity contribution >= 4 is 11.3 Å². The molecule has 6 heteroatoms. The Bertz CT molecular complexity index is 481. The average molecular weight is 267 g/mol. The number of methoxy groups -OCH3 is 1. The van der Waals surface area contributed by atoms with E-state index >= 15 is 0 Å². The molecule has 18 heavy (non-hydrogen) atoms. The highest BCUT2D eigenvalue weighted by molar-refractivity contribution is 7.14. The Balaban J connectivity index is 1.93. The third kappa shape index (κ3) is 3.38. The van der Waals surface area contributed by atoms with E-state index in [2.05, 4.69) is 22.4 Å². The molecular formula is C12H17N3O2S. The fourth-order valence-corrected chi connectivity index (χ4v) is 2.25. The summed E-state index contributed by atoms with van der Waals surface area (Å²) in [6, 6.07) is 3.93. The molecule has 0 amide bonds. The predicted octanol–water partition coefficient (Wildman–Crippen LogP) is 2.10. The van der Waals surface area contributed by atoms with Crippen LogP contribution in [0.5, 0.6) is 0 Å². The lowest BCUT2D eigenvalue weighted by molar-refractivity contribution is 0.199. The number of hydrogen-bond acceptors (Lipinski definition) is 6. The van der Waals surface area contributed by atoms with Gasteiger partial charge in [-0.3, -0.25) is 0 Å². The van der Waals surface area contributed by atoms with E-state index in [0.29, 0.717) is 13.2 Å². The minimum atomic E-state index is 0.698. The minimum absolute atomic E-state index is 0.698. The second-order valence-electron chi connectivity index (χ2n) is 3.79. The molecule has 0 aliphatic carbocycles. The van der Waals surface area contributed by atoms with Crippen molar-refractivity contribution in [2.75, 3.05) is 20.3 Å². The summed E-state index contributed by atoms with van der Waals surface area (Å²) in [6.45, 7) is 4.28. The van der Waals surface area contributed by atoms with E-state index in [1.165, 1.54) is 0 Å². The molecule has 0 fully saturated rings. The Labute approximate surface area is 110 Å². The normalized spacial score (nSPS) is 11.0. The molecule has 0 aromatic carbocycles. The van der Waals surface area contributed by atoms with Crippen LogP contribution in [0.1, 0.15) is 17.7 Å². The van der Waals surface area contributed by atoms with Crippen LogP contribution in [0.2, 0.25) is 0 Å². The smallest absolute Gasteiger partial charge is 0.183 e. The molecule has 0 spiro atoms. The molecule has 0 atom stereocenters. The predicted molar refractivity (Wildman–Crippen MR) is 70.6 cm³/mol. The molecule has 2 aromatic rings. The summed E-state index contributed by atoms with van der Waals surface area (Å²) in [4.78, 5) is 0. The summed E-state index contributed by atoms with van der Waals surface area (Å²) < 4.78 is 10.6. The molecule has 0 aliphatic rings. The molecule has 5 nitrogen and oxygen atoms in total. The van der Waals surface area contributed by atoms with Crippen LogP contribution >= 0.6 is 11.3 Å². The molecule has 2 aromatic heterocycles. The Hall–Kier alpha value is -1.24. The Morgan fingerprint density at radius 2 is 2.28 bits per heavy atom. The third-order valence-corrected chi connectivity index (χ3v) is 3.38. The number of hydrogen-bond donors (Lipinski definition) is 1. The monoisotopic (exact) mass is 267 g/mol. The number of furan rings is 1. The number of aromatic nitrogens is 2. The van der Waals surface area contributed by atoms with E-state index < -0.39 is 0 Å². The van der Waals surface area contributed by atoms with Gasteiger partial charge in [-0.05, 0) is 12.1 Å². The summed E-state index contributed by atoms with van der Waals surface area (Å²) in [5, 5.41) is 13.3. The maximum absolute atomic E-state index is 5.64. The van der Waals surface area contributed by atoms with Gasteiger partial charge in [0.1, 0.15) is 10.8 Å². The zero-order valence-corrected chi connectivity index (χ0v) is 11.4. The van der Waals surface area contributed by atoms with Gasteiger partial charge in [-0.25, -0.2) is 0 Å². The van der Waals surface area contributed by atoms with Crippen molar-refractivity contribution in [1.82, 2.24) is 15.5 Å². The molecule has 0 unspecified atom stereocenters. The Morgan fingerprint density at radius 3 is 3.00 bits per heavy atom. The van der Waals surface area contributed by atoms with Gasteiger partial charge >= 0.3 is 0 Å².